The number of hydrogen-bond donors (Lipinski definition) is 2. The van der Waals surface area contributed by atoms with E-state index >= 15 is 0 Å². The van der Waals surface area contributed by atoms with Crippen molar-refractivity contribution in [2.24, 2.45) is 0 Å². The first-order chi connectivity index (χ1) is 11.3. The molecule has 1 atom stereocenters. The van der Waals surface area contributed by atoms with Crippen molar-refractivity contribution >= 4 is 33.8 Å². The number of benzene rings is 1. The van der Waals surface area contributed by atoms with Crippen molar-refractivity contribution in [2.45, 2.75) is 45.2 Å². The molecule has 1 aromatic carbocycles. The third-order valence-electron chi connectivity index (χ3n) is 4.50. The third kappa shape index (κ3) is 3.45. The molecule has 0 bridgehead atoms. The van der Waals surface area contributed by atoms with Crippen molar-refractivity contribution in [2.75, 3.05) is 6.54 Å². The van der Waals surface area contributed by atoms with Gasteiger partial charge in [-0.3, -0.25) is 14.5 Å². The predicted octanol–water partition coefficient (Wildman–Crippen LogP) is 2.74. The van der Waals surface area contributed by atoms with Gasteiger partial charge in [-0.25, -0.2) is 4.79 Å². The minimum Gasteiger partial charge on any atom is -0.348 e. The van der Waals surface area contributed by atoms with Crippen LogP contribution in [0.25, 0.3) is 0 Å². The van der Waals surface area contributed by atoms with E-state index < -0.39 is 11.6 Å². The molecule has 0 radical (unpaired) electrons. The van der Waals surface area contributed by atoms with E-state index in [4.69, 9.17) is 0 Å². The first-order valence-electron chi connectivity index (χ1n) is 8.02. The number of carbonyl (C=O) groups is 3. The van der Waals surface area contributed by atoms with Gasteiger partial charge in [-0.2, -0.15) is 0 Å². The zero-order chi connectivity index (χ0) is 17.9. The minimum atomic E-state index is -0.883. The second-order valence-corrected chi connectivity index (χ2v) is 6.78. The lowest BCUT2D eigenvalue weighted by Gasteiger charge is -2.23. The molecule has 6 nitrogen and oxygen atoms in total. The molecule has 1 fully saturated rings. The van der Waals surface area contributed by atoms with E-state index in [0.717, 1.165) is 14.9 Å². The minimum absolute atomic E-state index is 0.240. The fourth-order valence-corrected chi connectivity index (χ4v) is 3.51. The summed E-state index contributed by atoms with van der Waals surface area (Å²) in [7, 11) is 0. The molecule has 0 aromatic heterocycles. The van der Waals surface area contributed by atoms with Gasteiger partial charge in [-0.05, 0) is 31.4 Å². The summed E-state index contributed by atoms with van der Waals surface area (Å²) in [4.78, 5) is 37.8. The molecule has 1 unspecified atom stereocenters. The highest BCUT2D eigenvalue weighted by Crippen LogP contribution is 2.25. The lowest BCUT2D eigenvalue weighted by molar-refractivity contribution is -0.135. The SMILES string of the molecule is CCC1(CC)NC(=O)N(CC(=O)NC(C)c2ccccc2Br)C1=O. The Labute approximate surface area is 150 Å². The summed E-state index contributed by atoms with van der Waals surface area (Å²) in [6.45, 7) is 5.27. The van der Waals surface area contributed by atoms with Crippen LogP contribution in [-0.2, 0) is 9.59 Å². The van der Waals surface area contributed by atoms with Gasteiger partial charge in [0, 0.05) is 4.47 Å². The van der Waals surface area contributed by atoms with E-state index in [9.17, 15) is 14.4 Å². The molecule has 0 aliphatic carbocycles. The molecular formula is C17H22BrN3O3. The standard InChI is InChI=1S/C17H22BrN3O3/c1-4-17(5-2)15(23)21(16(24)20-17)10-14(22)19-11(3)12-8-6-7-9-13(12)18/h6-9,11H,4-5,10H2,1-3H3,(H,19,22)(H,20,24). The number of imide groups is 1. The fourth-order valence-electron chi connectivity index (χ4n) is 2.88. The summed E-state index contributed by atoms with van der Waals surface area (Å²) in [6, 6.07) is 6.83. The van der Waals surface area contributed by atoms with Crippen LogP contribution in [-0.4, -0.2) is 34.8 Å². The first kappa shape index (κ1) is 18.4. The number of carbonyl (C=O) groups excluding carboxylic acids is 3. The molecule has 1 saturated heterocycles. The summed E-state index contributed by atoms with van der Waals surface area (Å²) in [5.41, 5.74) is 0.0466. The lowest BCUT2D eigenvalue weighted by Crippen LogP contribution is -2.46. The average Bonchev–Trinajstić information content (AvgIpc) is 2.79. The lowest BCUT2D eigenvalue weighted by atomic mass is 9.93. The van der Waals surface area contributed by atoms with Gasteiger partial charge in [0.15, 0.2) is 0 Å². The monoisotopic (exact) mass is 395 g/mol. The Morgan fingerprint density at radius 1 is 1.29 bits per heavy atom. The van der Waals surface area contributed by atoms with Crippen LogP contribution >= 0.6 is 15.9 Å². The Hall–Kier alpha value is -1.89. The van der Waals surface area contributed by atoms with Crippen molar-refractivity contribution in [3.63, 3.8) is 0 Å². The van der Waals surface area contributed by atoms with Crippen LogP contribution in [0, 0.1) is 0 Å². The van der Waals surface area contributed by atoms with Gasteiger partial charge in [-0.1, -0.05) is 48.0 Å². The number of rotatable bonds is 6. The van der Waals surface area contributed by atoms with Crippen LogP contribution in [0.15, 0.2) is 28.7 Å². The maximum absolute atomic E-state index is 12.5. The van der Waals surface area contributed by atoms with E-state index in [2.05, 4.69) is 26.6 Å². The molecule has 1 heterocycles. The van der Waals surface area contributed by atoms with Gasteiger partial charge in [0.2, 0.25) is 5.91 Å². The number of hydrogen-bond acceptors (Lipinski definition) is 3. The van der Waals surface area contributed by atoms with E-state index in [1.54, 1.807) is 0 Å². The van der Waals surface area contributed by atoms with Crippen LogP contribution in [0.4, 0.5) is 4.79 Å². The van der Waals surface area contributed by atoms with Crippen LogP contribution in [0.2, 0.25) is 0 Å². The van der Waals surface area contributed by atoms with Crippen LogP contribution in [0.5, 0.6) is 0 Å². The molecule has 0 spiro atoms. The van der Waals surface area contributed by atoms with E-state index in [1.807, 2.05) is 45.0 Å². The number of halogens is 1. The molecule has 1 aliphatic rings. The zero-order valence-corrected chi connectivity index (χ0v) is 15.6. The van der Waals surface area contributed by atoms with E-state index in [-0.39, 0.29) is 24.4 Å². The zero-order valence-electron chi connectivity index (χ0n) is 14.1. The number of nitrogens with zero attached hydrogens (tertiary/aromatic N) is 1. The largest absolute Gasteiger partial charge is 0.348 e. The molecule has 7 heteroatoms. The van der Waals surface area contributed by atoms with Gasteiger partial charge in [0.25, 0.3) is 5.91 Å². The molecule has 130 valence electrons. The molecular weight excluding hydrogens is 374 g/mol. The van der Waals surface area contributed by atoms with Crippen molar-refractivity contribution in [3.8, 4) is 0 Å². The van der Waals surface area contributed by atoms with Crippen molar-refractivity contribution < 1.29 is 14.4 Å². The predicted molar refractivity (Wildman–Crippen MR) is 94.3 cm³/mol. The van der Waals surface area contributed by atoms with Gasteiger partial charge >= 0.3 is 6.03 Å². The van der Waals surface area contributed by atoms with E-state index in [1.165, 1.54) is 0 Å². The molecule has 4 amide bonds. The Morgan fingerprint density at radius 3 is 2.46 bits per heavy atom. The average molecular weight is 396 g/mol. The van der Waals surface area contributed by atoms with Gasteiger partial charge in [0.05, 0.1) is 6.04 Å². The highest BCUT2D eigenvalue weighted by molar-refractivity contribution is 9.10. The molecule has 0 saturated carbocycles. The summed E-state index contributed by atoms with van der Waals surface area (Å²) >= 11 is 3.45. The normalized spacial score (nSPS) is 17.6. The summed E-state index contributed by atoms with van der Waals surface area (Å²) in [5, 5.41) is 5.54. The second kappa shape index (κ2) is 7.34. The Balaban J connectivity index is 2.04. The third-order valence-corrected chi connectivity index (χ3v) is 5.23. The Morgan fingerprint density at radius 2 is 1.92 bits per heavy atom. The molecule has 24 heavy (non-hydrogen) atoms. The van der Waals surface area contributed by atoms with Crippen LogP contribution in [0.1, 0.15) is 45.2 Å². The molecule has 2 N–H and O–H groups in total. The van der Waals surface area contributed by atoms with E-state index in [0.29, 0.717) is 12.8 Å². The van der Waals surface area contributed by atoms with Crippen LogP contribution in [0.3, 0.4) is 0 Å². The summed E-state index contributed by atoms with van der Waals surface area (Å²) in [6.07, 6.45) is 0.999. The molecule has 1 aliphatic heterocycles. The molecule has 2 rings (SSSR count). The van der Waals surface area contributed by atoms with Gasteiger partial charge < -0.3 is 10.6 Å². The highest BCUT2D eigenvalue weighted by atomic mass is 79.9. The summed E-state index contributed by atoms with van der Waals surface area (Å²) < 4.78 is 0.892. The smallest absolute Gasteiger partial charge is 0.325 e. The molecule has 1 aromatic rings. The topological polar surface area (TPSA) is 78.5 Å². The number of nitrogens with one attached hydrogen (secondary N) is 2. The highest BCUT2D eigenvalue weighted by Gasteiger charge is 2.49. The number of amides is 4. The Kier molecular flexibility index (Phi) is 5.64. The van der Waals surface area contributed by atoms with Gasteiger partial charge in [0.1, 0.15) is 12.1 Å². The van der Waals surface area contributed by atoms with Gasteiger partial charge in [-0.15, -0.1) is 0 Å². The van der Waals surface area contributed by atoms with Crippen molar-refractivity contribution in [1.29, 1.82) is 0 Å². The van der Waals surface area contributed by atoms with Crippen molar-refractivity contribution in [3.05, 3.63) is 34.3 Å². The first-order valence-corrected chi connectivity index (χ1v) is 8.81. The summed E-state index contributed by atoms with van der Waals surface area (Å²) in [5.74, 6) is -0.703. The maximum atomic E-state index is 12.5. The number of urea groups is 1. The second-order valence-electron chi connectivity index (χ2n) is 5.92. The fraction of sp³-hybridized carbons (Fsp3) is 0.471. The van der Waals surface area contributed by atoms with Crippen LogP contribution < -0.4 is 10.6 Å². The Bertz CT molecular complexity index is 658. The quantitative estimate of drug-likeness (QED) is 0.726. The maximum Gasteiger partial charge on any atom is 0.325 e. The van der Waals surface area contributed by atoms with Crippen molar-refractivity contribution in [1.82, 2.24) is 15.5 Å².